The van der Waals surface area contributed by atoms with E-state index in [1.807, 2.05) is 6.20 Å². The van der Waals surface area contributed by atoms with Crippen molar-refractivity contribution in [2.45, 2.75) is 26.7 Å². The number of benzene rings is 1. The number of thiazole rings is 1. The Morgan fingerprint density at radius 1 is 1.50 bits per heavy atom. The van der Waals surface area contributed by atoms with Crippen LogP contribution in [0.15, 0.2) is 30.5 Å². The van der Waals surface area contributed by atoms with Gasteiger partial charge in [0.1, 0.15) is 0 Å². The van der Waals surface area contributed by atoms with E-state index in [0.29, 0.717) is 5.92 Å². The number of aryl methyl sites for hydroxylation is 1. The zero-order valence-electron chi connectivity index (χ0n) is 11.7. The number of nitrogens with one attached hydrogen (secondary N) is 1. The Labute approximate surface area is 123 Å². The molecule has 1 amide bonds. The fraction of sp³-hybridized carbons (Fsp3) is 0.375. The number of rotatable bonds is 4. The smallest absolute Gasteiger partial charge is 0.229 e. The molecule has 1 N–H and O–H groups in total. The Hall–Kier alpha value is -1.68. The molecule has 1 aliphatic carbocycles. The topological polar surface area (TPSA) is 42.0 Å². The molecule has 104 valence electrons. The lowest BCUT2D eigenvalue weighted by Gasteiger charge is -2.00. The highest BCUT2D eigenvalue weighted by molar-refractivity contribution is 7.15. The summed E-state index contributed by atoms with van der Waals surface area (Å²) in [6.07, 6.45) is 3.74. The standard InChI is InChI=1S/C16H18N2OS/c1-10-4-3-5-12(6-10)8-13-9-17-16(20-13)18-15(19)14-7-11(14)2/h3-6,9,11,14H,7-8H2,1-2H3,(H,17,18,19). The van der Waals surface area contributed by atoms with Crippen molar-refractivity contribution in [2.24, 2.45) is 11.8 Å². The van der Waals surface area contributed by atoms with E-state index in [2.05, 4.69) is 48.4 Å². The number of anilines is 1. The van der Waals surface area contributed by atoms with Crippen molar-refractivity contribution in [3.8, 4) is 0 Å². The van der Waals surface area contributed by atoms with Gasteiger partial charge in [0.15, 0.2) is 5.13 Å². The van der Waals surface area contributed by atoms with Gasteiger partial charge in [0.05, 0.1) is 0 Å². The third kappa shape index (κ3) is 3.07. The van der Waals surface area contributed by atoms with Gasteiger partial charge >= 0.3 is 0 Å². The van der Waals surface area contributed by atoms with E-state index in [1.54, 1.807) is 11.3 Å². The van der Waals surface area contributed by atoms with Crippen LogP contribution in [-0.4, -0.2) is 10.9 Å². The van der Waals surface area contributed by atoms with Gasteiger partial charge in [0.2, 0.25) is 5.91 Å². The van der Waals surface area contributed by atoms with E-state index in [9.17, 15) is 4.79 Å². The molecule has 1 fully saturated rings. The van der Waals surface area contributed by atoms with Crippen molar-refractivity contribution in [3.63, 3.8) is 0 Å². The maximum Gasteiger partial charge on any atom is 0.229 e. The Morgan fingerprint density at radius 3 is 3.00 bits per heavy atom. The normalized spacial score (nSPS) is 20.7. The van der Waals surface area contributed by atoms with Crippen molar-refractivity contribution in [3.05, 3.63) is 46.5 Å². The molecule has 1 aliphatic rings. The quantitative estimate of drug-likeness (QED) is 0.932. The Morgan fingerprint density at radius 2 is 2.30 bits per heavy atom. The van der Waals surface area contributed by atoms with Crippen LogP contribution in [0.2, 0.25) is 0 Å². The number of nitrogens with zero attached hydrogens (tertiary/aromatic N) is 1. The van der Waals surface area contributed by atoms with Crippen molar-refractivity contribution >= 4 is 22.4 Å². The first-order valence-corrected chi connectivity index (χ1v) is 7.74. The van der Waals surface area contributed by atoms with Gasteiger partial charge in [0.25, 0.3) is 0 Å². The summed E-state index contributed by atoms with van der Waals surface area (Å²) >= 11 is 1.57. The summed E-state index contributed by atoms with van der Waals surface area (Å²) in [6.45, 7) is 4.20. The van der Waals surface area contributed by atoms with Crippen LogP contribution in [0.5, 0.6) is 0 Å². The summed E-state index contributed by atoms with van der Waals surface area (Å²) in [4.78, 5) is 17.3. The number of hydrogen-bond donors (Lipinski definition) is 1. The van der Waals surface area contributed by atoms with Crippen molar-refractivity contribution < 1.29 is 4.79 Å². The summed E-state index contributed by atoms with van der Waals surface area (Å²) < 4.78 is 0. The molecule has 20 heavy (non-hydrogen) atoms. The first-order valence-electron chi connectivity index (χ1n) is 6.93. The van der Waals surface area contributed by atoms with Crippen LogP contribution in [-0.2, 0) is 11.2 Å². The minimum Gasteiger partial charge on any atom is -0.302 e. The fourth-order valence-electron chi connectivity index (χ4n) is 2.36. The zero-order chi connectivity index (χ0) is 14.1. The van der Waals surface area contributed by atoms with E-state index < -0.39 is 0 Å². The molecule has 2 atom stereocenters. The summed E-state index contributed by atoms with van der Waals surface area (Å²) in [5, 5.41) is 3.64. The largest absolute Gasteiger partial charge is 0.302 e. The second kappa shape index (κ2) is 5.37. The number of aromatic nitrogens is 1. The highest BCUT2D eigenvalue weighted by atomic mass is 32.1. The number of carbonyl (C=O) groups is 1. The molecule has 1 aromatic heterocycles. The van der Waals surface area contributed by atoms with Gasteiger partial charge in [-0.15, -0.1) is 11.3 Å². The Balaban J connectivity index is 1.63. The van der Waals surface area contributed by atoms with Crippen LogP contribution in [0.25, 0.3) is 0 Å². The van der Waals surface area contributed by atoms with E-state index in [0.717, 1.165) is 18.0 Å². The van der Waals surface area contributed by atoms with Gasteiger partial charge in [-0.25, -0.2) is 4.98 Å². The first kappa shape index (κ1) is 13.3. The molecule has 3 rings (SSSR count). The molecule has 0 saturated heterocycles. The van der Waals surface area contributed by atoms with Gasteiger partial charge in [-0.1, -0.05) is 36.8 Å². The molecular weight excluding hydrogens is 268 g/mol. The molecule has 1 heterocycles. The Kier molecular flexibility index (Phi) is 3.57. The first-order chi connectivity index (χ1) is 9.61. The maximum atomic E-state index is 11.9. The summed E-state index contributed by atoms with van der Waals surface area (Å²) in [6, 6.07) is 8.47. The molecular formula is C16H18N2OS. The van der Waals surface area contributed by atoms with Gasteiger partial charge < -0.3 is 5.32 Å². The molecule has 1 saturated carbocycles. The molecule has 1 aromatic carbocycles. The van der Waals surface area contributed by atoms with Gasteiger partial charge in [-0.2, -0.15) is 0 Å². The molecule has 2 aromatic rings. The van der Waals surface area contributed by atoms with Crippen LogP contribution >= 0.6 is 11.3 Å². The van der Waals surface area contributed by atoms with Crippen LogP contribution in [0, 0.1) is 18.8 Å². The average Bonchev–Trinajstić information content (AvgIpc) is 2.98. The second-order valence-corrected chi connectivity index (χ2v) is 6.72. The van der Waals surface area contributed by atoms with E-state index in [-0.39, 0.29) is 11.8 Å². The van der Waals surface area contributed by atoms with Gasteiger partial charge in [-0.3, -0.25) is 4.79 Å². The SMILES string of the molecule is Cc1cccc(Cc2cnc(NC(=O)C3CC3C)s2)c1. The molecule has 3 nitrogen and oxygen atoms in total. The number of hydrogen-bond acceptors (Lipinski definition) is 3. The molecule has 0 bridgehead atoms. The van der Waals surface area contributed by atoms with Crippen LogP contribution in [0.3, 0.4) is 0 Å². The average molecular weight is 286 g/mol. The van der Waals surface area contributed by atoms with E-state index in [4.69, 9.17) is 0 Å². The summed E-state index contributed by atoms with van der Waals surface area (Å²) in [7, 11) is 0. The fourth-order valence-corrected chi connectivity index (χ4v) is 3.21. The monoisotopic (exact) mass is 286 g/mol. The zero-order valence-corrected chi connectivity index (χ0v) is 12.5. The van der Waals surface area contributed by atoms with Crippen LogP contribution in [0.1, 0.15) is 29.3 Å². The minimum atomic E-state index is 0.119. The predicted octanol–water partition coefficient (Wildman–Crippen LogP) is 3.64. The van der Waals surface area contributed by atoms with E-state index >= 15 is 0 Å². The van der Waals surface area contributed by atoms with Crippen LogP contribution in [0.4, 0.5) is 5.13 Å². The lowest BCUT2D eigenvalue weighted by Crippen LogP contribution is -2.13. The van der Waals surface area contributed by atoms with Crippen molar-refractivity contribution in [2.75, 3.05) is 5.32 Å². The van der Waals surface area contributed by atoms with Crippen LogP contribution < -0.4 is 5.32 Å². The lowest BCUT2D eigenvalue weighted by atomic mass is 10.1. The highest BCUT2D eigenvalue weighted by Gasteiger charge is 2.39. The maximum absolute atomic E-state index is 11.9. The molecule has 0 radical (unpaired) electrons. The van der Waals surface area contributed by atoms with Gasteiger partial charge in [0, 0.05) is 23.4 Å². The number of amides is 1. The van der Waals surface area contributed by atoms with Gasteiger partial charge in [-0.05, 0) is 24.8 Å². The summed E-state index contributed by atoms with van der Waals surface area (Å²) in [5.74, 6) is 0.842. The van der Waals surface area contributed by atoms with Crippen molar-refractivity contribution in [1.82, 2.24) is 4.98 Å². The van der Waals surface area contributed by atoms with E-state index in [1.165, 1.54) is 16.0 Å². The molecule has 0 spiro atoms. The van der Waals surface area contributed by atoms with Crippen molar-refractivity contribution in [1.29, 1.82) is 0 Å². The third-order valence-corrected chi connectivity index (χ3v) is 4.60. The third-order valence-electron chi connectivity index (χ3n) is 3.69. The molecule has 2 unspecified atom stereocenters. The molecule has 4 heteroatoms. The second-order valence-electron chi connectivity index (χ2n) is 5.61. The highest BCUT2D eigenvalue weighted by Crippen LogP contribution is 2.38. The molecule has 0 aliphatic heterocycles. The predicted molar refractivity (Wildman–Crippen MR) is 82.0 cm³/mol. The lowest BCUT2D eigenvalue weighted by molar-refractivity contribution is -0.117. The minimum absolute atomic E-state index is 0.119. The number of carbonyl (C=O) groups excluding carboxylic acids is 1. The summed E-state index contributed by atoms with van der Waals surface area (Å²) in [5.41, 5.74) is 2.55. The Bertz CT molecular complexity index is 635.